The van der Waals surface area contributed by atoms with E-state index in [2.05, 4.69) is 10.3 Å². The number of aromatic nitrogens is 1. The van der Waals surface area contributed by atoms with Gasteiger partial charge in [-0.1, -0.05) is 0 Å². The summed E-state index contributed by atoms with van der Waals surface area (Å²) in [6.45, 7) is 2.52. The molecule has 0 bridgehead atoms. The van der Waals surface area contributed by atoms with E-state index in [1.807, 2.05) is 25.2 Å². The number of ether oxygens (including phenoxy) is 2. The van der Waals surface area contributed by atoms with E-state index in [1.165, 1.54) is 11.3 Å². The number of nitrogens with zero attached hydrogens (tertiary/aromatic N) is 2. The predicted molar refractivity (Wildman–Crippen MR) is 104 cm³/mol. The Morgan fingerprint density at radius 3 is 2.72 bits per heavy atom. The first kappa shape index (κ1) is 21.5. The summed E-state index contributed by atoms with van der Waals surface area (Å²) in [6, 6.07) is 5.73. The second-order valence-corrected chi connectivity index (χ2v) is 6.08. The Labute approximate surface area is 163 Å². The van der Waals surface area contributed by atoms with Crippen molar-refractivity contribution in [3.8, 4) is 22.1 Å². The van der Waals surface area contributed by atoms with E-state index >= 15 is 0 Å². The van der Waals surface area contributed by atoms with Crippen molar-refractivity contribution in [2.75, 3.05) is 40.4 Å². The molecule has 3 rings (SSSR count). The van der Waals surface area contributed by atoms with Crippen LogP contribution in [0.25, 0.3) is 10.6 Å². The van der Waals surface area contributed by atoms with Crippen LogP contribution < -0.4 is 14.8 Å². The van der Waals surface area contributed by atoms with Crippen molar-refractivity contribution in [2.24, 2.45) is 0 Å². The van der Waals surface area contributed by atoms with Crippen molar-refractivity contribution in [3.63, 3.8) is 0 Å². The van der Waals surface area contributed by atoms with E-state index in [9.17, 15) is 4.79 Å². The molecule has 1 aliphatic heterocycles. The molecule has 0 fully saturated rings. The van der Waals surface area contributed by atoms with E-state index in [1.54, 1.807) is 17.3 Å². The van der Waals surface area contributed by atoms with Gasteiger partial charge in [-0.25, -0.2) is 4.98 Å². The molecule has 1 aromatic carbocycles. The van der Waals surface area contributed by atoms with Gasteiger partial charge in [-0.15, -0.1) is 36.2 Å². The van der Waals surface area contributed by atoms with Crippen LogP contribution >= 0.6 is 36.2 Å². The molecule has 25 heavy (non-hydrogen) atoms. The lowest BCUT2D eigenvalue weighted by molar-refractivity contribution is 0.0792. The van der Waals surface area contributed by atoms with Gasteiger partial charge in [0.2, 0.25) is 0 Å². The van der Waals surface area contributed by atoms with Crippen molar-refractivity contribution in [1.82, 2.24) is 15.2 Å². The first-order valence-electron chi connectivity index (χ1n) is 7.44. The molecule has 6 nitrogen and oxygen atoms in total. The quantitative estimate of drug-likeness (QED) is 0.828. The number of hydrogen-bond donors (Lipinski definition) is 1. The molecule has 9 heteroatoms. The second kappa shape index (κ2) is 9.82. The Bertz CT molecular complexity index is 712. The summed E-state index contributed by atoms with van der Waals surface area (Å²) < 4.78 is 11.1. The molecule has 0 saturated heterocycles. The van der Waals surface area contributed by atoms with Gasteiger partial charge in [0.15, 0.2) is 11.5 Å². The number of halogens is 2. The Kier molecular flexibility index (Phi) is 8.44. The molecule has 0 aliphatic carbocycles. The number of rotatable bonds is 5. The summed E-state index contributed by atoms with van der Waals surface area (Å²) >= 11 is 1.45. The van der Waals surface area contributed by atoms with Gasteiger partial charge in [0.25, 0.3) is 5.91 Å². The fourth-order valence-corrected chi connectivity index (χ4v) is 3.05. The van der Waals surface area contributed by atoms with Crippen molar-refractivity contribution in [2.45, 2.75) is 0 Å². The number of carbonyl (C=O) groups excluding carboxylic acids is 1. The standard InChI is InChI=1S/C16H19N3O3S.2ClH/c1-17-5-6-19(2)16(20)12-10-23-15(18-12)11-3-4-13-14(9-11)22-8-7-21-13;;/h3-4,9-10,17H,5-8H2,1-2H3;2*1H. The summed E-state index contributed by atoms with van der Waals surface area (Å²) in [5.74, 6) is 1.41. The van der Waals surface area contributed by atoms with Crippen molar-refractivity contribution in [1.29, 1.82) is 0 Å². The van der Waals surface area contributed by atoms with Crippen molar-refractivity contribution in [3.05, 3.63) is 29.3 Å². The summed E-state index contributed by atoms with van der Waals surface area (Å²) in [7, 11) is 3.64. The molecule has 2 aromatic rings. The highest BCUT2D eigenvalue weighted by Crippen LogP contribution is 2.35. The normalized spacial score (nSPS) is 11.9. The highest BCUT2D eigenvalue weighted by atomic mass is 35.5. The summed E-state index contributed by atoms with van der Waals surface area (Å²) in [6.07, 6.45) is 0. The average molecular weight is 406 g/mol. The largest absolute Gasteiger partial charge is 0.486 e. The Morgan fingerprint density at radius 1 is 1.28 bits per heavy atom. The minimum absolute atomic E-state index is 0. The molecule has 2 heterocycles. The summed E-state index contributed by atoms with van der Waals surface area (Å²) in [5.41, 5.74) is 1.40. The zero-order chi connectivity index (χ0) is 16.2. The summed E-state index contributed by atoms with van der Waals surface area (Å²) in [4.78, 5) is 18.5. The van der Waals surface area contributed by atoms with E-state index in [0.717, 1.165) is 28.6 Å². The maximum absolute atomic E-state index is 12.3. The molecule has 1 aliphatic rings. The number of amides is 1. The number of benzene rings is 1. The molecule has 0 saturated carbocycles. The predicted octanol–water partition coefficient (Wildman–Crippen LogP) is 2.72. The third-order valence-corrected chi connectivity index (χ3v) is 4.45. The van der Waals surface area contributed by atoms with Gasteiger partial charge in [-0.2, -0.15) is 0 Å². The van der Waals surface area contributed by atoms with Gasteiger partial charge in [0.1, 0.15) is 23.9 Å². The van der Waals surface area contributed by atoms with Gasteiger partial charge >= 0.3 is 0 Å². The lowest BCUT2D eigenvalue weighted by Crippen LogP contribution is -2.32. The summed E-state index contributed by atoms with van der Waals surface area (Å²) in [5, 5.41) is 5.62. The highest BCUT2D eigenvalue weighted by Gasteiger charge is 2.17. The molecule has 1 aromatic heterocycles. The van der Waals surface area contributed by atoms with Crippen LogP contribution in [0.2, 0.25) is 0 Å². The molecule has 0 spiro atoms. The fourth-order valence-electron chi connectivity index (χ4n) is 2.26. The van der Waals surface area contributed by atoms with Crippen LogP contribution in [0.3, 0.4) is 0 Å². The van der Waals surface area contributed by atoms with Crippen LogP contribution in [0.4, 0.5) is 0 Å². The maximum Gasteiger partial charge on any atom is 0.273 e. The van der Waals surface area contributed by atoms with Crippen molar-refractivity contribution < 1.29 is 14.3 Å². The van der Waals surface area contributed by atoms with Gasteiger partial charge in [-0.3, -0.25) is 4.79 Å². The molecule has 1 amide bonds. The third-order valence-electron chi connectivity index (χ3n) is 3.56. The van der Waals surface area contributed by atoms with E-state index in [4.69, 9.17) is 9.47 Å². The fraction of sp³-hybridized carbons (Fsp3) is 0.375. The number of carbonyl (C=O) groups is 1. The highest BCUT2D eigenvalue weighted by molar-refractivity contribution is 7.13. The van der Waals surface area contributed by atoms with Crippen LogP contribution in [0.15, 0.2) is 23.6 Å². The number of likely N-dealkylation sites (N-methyl/N-ethyl adjacent to an activating group) is 2. The zero-order valence-electron chi connectivity index (χ0n) is 14.0. The first-order valence-corrected chi connectivity index (χ1v) is 8.32. The molecule has 0 unspecified atom stereocenters. The Morgan fingerprint density at radius 2 is 2.00 bits per heavy atom. The topological polar surface area (TPSA) is 63.7 Å². The SMILES string of the molecule is CNCCN(C)C(=O)c1csc(-c2ccc3c(c2)OCCO3)n1.Cl.Cl. The van der Waals surface area contributed by atoms with Gasteiger partial charge in [0, 0.05) is 31.1 Å². The first-order chi connectivity index (χ1) is 11.2. The minimum Gasteiger partial charge on any atom is -0.486 e. The Balaban J connectivity index is 0.00000156. The molecule has 0 radical (unpaired) electrons. The van der Waals surface area contributed by atoms with Gasteiger partial charge < -0.3 is 19.7 Å². The number of thiazole rings is 1. The second-order valence-electron chi connectivity index (χ2n) is 5.23. The van der Waals surface area contributed by atoms with E-state index < -0.39 is 0 Å². The Hall–Kier alpha value is -1.54. The molecule has 1 N–H and O–H groups in total. The monoisotopic (exact) mass is 405 g/mol. The van der Waals surface area contributed by atoms with Crippen LogP contribution in [0.1, 0.15) is 10.5 Å². The van der Waals surface area contributed by atoms with E-state index in [0.29, 0.717) is 25.5 Å². The molecular weight excluding hydrogens is 385 g/mol. The smallest absolute Gasteiger partial charge is 0.273 e. The maximum atomic E-state index is 12.3. The molecule has 0 atom stereocenters. The van der Waals surface area contributed by atoms with Crippen LogP contribution in [0, 0.1) is 0 Å². The lowest BCUT2D eigenvalue weighted by atomic mass is 10.2. The third kappa shape index (κ3) is 4.98. The van der Waals surface area contributed by atoms with Crippen LogP contribution in [0.5, 0.6) is 11.5 Å². The van der Waals surface area contributed by atoms with Crippen molar-refractivity contribution >= 4 is 42.1 Å². The average Bonchev–Trinajstić information content (AvgIpc) is 3.08. The van der Waals surface area contributed by atoms with Gasteiger partial charge in [-0.05, 0) is 25.2 Å². The van der Waals surface area contributed by atoms with Crippen LogP contribution in [-0.2, 0) is 0 Å². The van der Waals surface area contributed by atoms with Crippen LogP contribution in [-0.4, -0.2) is 56.2 Å². The molecular formula is C16H21Cl2N3O3S. The zero-order valence-corrected chi connectivity index (χ0v) is 16.4. The number of fused-ring (bicyclic) bond motifs is 1. The van der Waals surface area contributed by atoms with Gasteiger partial charge in [0.05, 0.1) is 0 Å². The molecule has 138 valence electrons. The number of hydrogen-bond acceptors (Lipinski definition) is 6. The lowest BCUT2D eigenvalue weighted by Gasteiger charge is -2.18. The number of nitrogens with one attached hydrogen (secondary N) is 1. The minimum atomic E-state index is -0.0692. The van der Waals surface area contributed by atoms with E-state index in [-0.39, 0.29) is 30.7 Å².